The number of hydrogen-bond donors (Lipinski definition) is 0. The van der Waals surface area contributed by atoms with Crippen LogP contribution in [0.15, 0.2) is 45.4 Å². The van der Waals surface area contributed by atoms with Crippen molar-refractivity contribution in [2.24, 2.45) is 4.99 Å². The Bertz CT molecular complexity index is 410. The van der Waals surface area contributed by atoms with Crippen LogP contribution in [0.5, 0.6) is 0 Å². The highest BCUT2D eigenvalue weighted by Crippen LogP contribution is 2.15. The maximum absolute atomic E-state index is 10.9. The zero-order chi connectivity index (χ0) is 11.3. The minimum absolute atomic E-state index is 0.00338. The first-order valence-electron chi connectivity index (χ1n) is 4.26. The number of nitrogens with zero attached hydrogens (tertiary/aromatic N) is 1. The van der Waals surface area contributed by atoms with Gasteiger partial charge in [-0.3, -0.25) is 9.79 Å². The molecule has 15 heavy (non-hydrogen) atoms. The number of halogens is 2. The monoisotopic (exact) mass is 241 g/mol. The number of aliphatic imine (C=N–C) groups is 1. The first-order chi connectivity index (χ1) is 7.11. The third-order valence-corrected chi connectivity index (χ3v) is 2.45. The first-order valence-corrected chi connectivity index (χ1v) is 5.02. The summed E-state index contributed by atoms with van der Waals surface area (Å²) in [5, 5.41) is 0.143. The summed E-state index contributed by atoms with van der Waals surface area (Å²) in [5.74, 6) is -0.277. The second-order valence-corrected chi connectivity index (χ2v) is 3.60. The molecule has 0 aliphatic carbocycles. The first kappa shape index (κ1) is 12.0. The summed E-state index contributed by atoms with van der Waals surface area (Å²) in [7, 11) is 0. The van der Waals surface area contributed by atoms with Crippen LogP contribution in [0.4, 0.5) is 5.69 Å². The van der Waals surface area contributed by atoms with Crippen LogP contribution in [0, 0.1) is 0 Å². The SMILES string of the molecule is CC(=O)/C(Cl)=C(/Cl)C=Nc1ccccc1. The highest BCUT2D eigenvalue weighted by atomic mass is 35.5. The number of rotatable bonds is 3. The van der Waals surface area contributed by atoms with Crippen LogP contribution in [0.25, 0.3) is 0 Å². The van der Waals surface area contributed by atoms with Crippen molar-refractivity contribution < 1.29 is 4.79 Å². The van der Waals surface area contributed by atoms with Gasteiger partial charge >= 0.3 is 0 Å². The summed E-state index contributed by atoms with van der Waals surface area (Å²) in [6.45, 7) is 1.35. The molecule has 0 spiro atoms. The van der Waals surface area contributed by atoms with E-state index in [1.165, 1.54) is 13.1 Å². The lowest BCUT2D eigenvalue weighted by molar-refractivity contribution is -0.113. The van der Waals surface area contributed by atoms with E-state index in [-0.39, 0.29) is 15.8 Å². The molecule has 0 unspecified atom stereocenters. The molecule has 0 N–H and O–H groups in total. The Balaban J connectivity index is 2.83. The fourth-order valence-electron chi connectivity index (χ4n) is 0.870. The lowest BCUT2D eigenvalue weighted by Gasteiger charge is -1.94. The van der Waals surface area contributed by atoms with Gasteiger partial charge in [-0.1, -0.05) is 41.4 Å². The van der Waals surface area contributed by atoms with Crippen molar-refractivity contribution in [1.29, 1.82) is 0 Å². The van der Waals surface area contributed by atoms with Crippen LogP contribution in [-0.2, 0) is 4.79 Å². The summed E-state index contributed by atoms with van der Waals surface area (Å²) in [5.41, 5.74) is 0.753. The van der Waals surface area contributed by atoms with Crippen molar-refractivity contribution in [3.05, 3.63) is 40.4 Å². The summed E-state index contributed by atoms with van der Waals surface area (Å²) >= 11 is 11.4. The smallest absolute Gasteiger partial charge is 0.172 e. The van der Waals surface area contributed by atoms with Gasteiger partial charge in [0.1, 0.15) is 5.03 Å². The summed E-state index contributed by atoms with van der Waals surface area (Å²) in [6.07, 6.45) is 1.36. The van der Waals surface area contributed by atoms with E-state index in [0.29, 0.717) is 0 Å². The topological polar surface area (TPSA) is 29.4 Å². The van der Waals surface area contributed by atoms with Gasteiger partial charge in [0, 0.05) is 13.1 Å². The second-order valence-electron chi connectivity index (χ2n) is 2.81. The molecule has 0 saturated carbocycles. The van der Waals surface area contributed by atoms with Gasteiger partial charge in [0.15, 0.2) is 5.78 Å². The van der Waals surface area contributed by atoms with Gasteiger partial charge in [-0.2, -0.15) is 0 Å². The molecule has 0 amide bonds. The van der Waals surface area contributed by atoms with E-state index in [4.69, 9.17) is 23.2 Å². The minimum Gasteiger partial charge on any atom is -0.293 e. The Labute approximate surface area is 98.2 Å². The summed E-state index contributed by atoms with van der Waals surface area (Å²) < 4.78 is 0. The number of carbonyl (C=O) groups excluding carboxylic acids is 1. The Hall–Kier alpha value is -1.12. The molecular weight excluding hydrogens is 233 g/mol. The van der Waals surface area contributed by atoms with Gasteiger partial charge in [-0.25, -0.2) is 0 Å². The molecule has 0 fully saturated rings. The standard InChI is InChI=1S/C11H9Cl2NO/c1-8(15)11(13)10(12)7-14-9-5-3-2-4-6-9/h2-7H,1H3/b11-10-,14-7?. The van der Waals surface area contributed by atoms with Crippen LogP contribution in [0.3, 0.4) is 0 Å². The van der Waals surface area contributed by atoms with E-state index in [1.807, 2.05) is 30.3 Å². The fourth-order valence-corrected chi connectivity index (χ4v) is 1.10. The van der Waals surface area contributed by atoms with Gasteiger partial charge < -0.3 is 0 Å². The van der Waals surface area contributed by atoms with E-state index in [0.717, 1.165) is 5.69 Å². The molecule has 0 atom stereocenters. The van der Waals surface area contributed by atoms with Crippen molar-refractivity contribution in [1.82, 2.24) is 0 Å². The van der Waals surface area contributed by atoms with Gasteiger partial charge in [-0.05, 0) is 12.1 Å². The minimum atomic E-state index is -0.277. The number of ketones is 1. The predicted octanol–water partition coefficient (Wildman–Crippen LogP) is 3.67. The number of benzene rings is 1. The molecule has 0 heterocycles. The van der Waals surface area contributed by atoms with Crippen molar-refractivity contribution in [2.75, 3.05) is 0 Å². The predicted molar refractivity (Wildman–Crippen MR) is 64.0 cm³/mol. The fraction of sp³-hybridized carbons (Fsp3) is 0.0909. The van der Waals surface area contributed by atoms with Gasteiger partial charge in [0.25, 0.3) is 0 Å². The van der Waals surface area contributed by atoms with Gasteiger partial charge in [-0.15, -0.1) is 0 Å². The third-order valence-electron chi connectivity index (χ3n) is 1.60. The van der Waals surface area contributed by atoms with Crippen molar-refractivity contribution in [2.45, 2.75) is 6.92 Å². The van der Waals surface area contributed by atoms with Crippen LogP contribution >= 0.6 is 23.2 Å². The van der Waals surface area contributed by atoms with E-state index >= 15 is 0 Å². The molecule has 0 aromatic heterocycles. The molecule has 0 saturated heterocycles. The average Bonchev–Trinajstić information content (AvgIpc) is 2.26. The Morgan fingerprint density at radius 3 is 2.40 bits per heavy atom. The highest BCUT2D eigenvalue weighted by Gasteiger charge is 2.04. The molecule has 78 valence electrons. The molecule has 0 aliphatic heterocycles. The third kappa shape index (κ3) is 3.86. The van der Waals surface area contributed by atoms with Crippen LogP contribution in [-0.4, -0.2) is 12.0 Å². The zero-order valence-electron chi connectivity index (χ0n) is 8.08. The Morgan fingerprint density at radius 2 is 1.87 bits per heavy atom. The molecule has 0 aliphatic rings. The van der Waals surface area contributed by atoms with E-state index in [2.05, 4.69) is 4.99 Å². The second kappa shape index (κ2) is 5.69. The molecule has 1 aromatic carbocycles. The molecule has 0 radical (unpaired) electrons. The maximum atomic E-state index is 10.9. The number of hydrogen-bond acceptors (Lipinski definition) is 2. The maximum Gasteiger partial charge on any atom is 0.172 e. The van der Waals surface area contributed by atoms with E-state index in [9.17, 15) is 4.79 Å². The van der Waals surface area contributed by atoms with Crippen LogP contribution < -0.4 is 0 Å². The molecule has 0 bridgehead atoms. The average molecular weight is 242 g/mol. The summed E-state index contributed by atoms with van der Waals surface area (Å²) in [4.78, 5) is 14.9. The number of allylic oxidation sites excluding steroid dienone is 2. The highest BCUT2D eigenvalue weighted by molar-refractivity contribution is 6.52. The van der Waals surface area contributed by atoms with Crippen molar-refractivity contribution in [3.8, 4) is 0 Å². The molecule has 4 heteroatoms. The molecule has 1 rings (SSSR count). The summed E-state index contributed by atoms with van der Waals surface area (Å²) in [6, 6.07) is 9.25. The van der Waals surface area contributed by atoms with Crippen LogP contribution in [0.2, 0.25) is 0 Å². The number of para-hydroxylation sites is 1. The molecular formula is C11H9Cl2NO. The normalized spacial score (nSPS) is 12.7. The quantitative estimate of drug-likeness (QED) is 0.587. The van der Waals surface area contributed by atoms with E-state index < -0.39 is 0 Å². The van der Waals surface area contributed by atoms with Gasteiger partial charge in [0.05, 0.1) is 10.7 Å². The lowest BCUT2D eigenvalue weighted by Crippen LogP contribution is -1.92. The van der Waals surface area contributed by atoms with Crippen molar-refractivity contribution >= 4 is 40.9 Å². The van der Waals surface area contributed by atoms with E-state index in [1.54, 1.807) is 0 Å². The van der Waals surface area contributed by atoms with Crippen molar-refractivity contribution in [3.63, 3.8) is 0 Å². The largest absolute Gasteiger partial charge is 0.293 e. The number of carbonyl (C=O) groups is 1. The lowest BCUT2D eigenvalue weighted by atomic mass is 10.3. The van der Waals surface area contributed by atoms with Gasteiger partial charge in [0.2, 0.25) is 0 Å². The van der Waals surface area contributed by atoms with Crippen LogP contribution in [0.1, 0.15) is 6.92 Å². The molecule has 2 nitrogen and oxygen atoms in total. The molecule has 1 aromatic rings. The number of Topliss-reactive ketones (excluding diaryl/α,β-unsaturated/α-hetero) is 1. The zero-order valence-corrected chi connectivity index (χ0v) is 9.59. The Kier molecular flexibility index (Phi) is 4.53. The Morgan fingerprint density at radius 1 is 1.27 bits per heavy atom.